The number of hydrogen-bond acceptors (Lipinski definition) is 2. The van der Waals surface area contributed by atoms with Gasteiger partial charge in [0.05, 0.1) is 11.7 Å². The van der Waals surface area contributed by atoms with Crippen molar-refractivity contribution in [2.75, 3.05) is 0 Å². The largest absolute Gasteiger partial charge is 0.322 e. The quantitative estimate of drug-likeness (QED) is 0.840. The Labute approximate surface area is 123 Å². The smallest absolute Gasteiger partial charge is 0.244 e. The van der Waals surface area contributed by atoms with Crippen LogP contribution in [0.2, 0.25) is 0 Å². The molecule has 1 atom stereocenters. The molecule has 0 aromatic heterocycles. The van der Waals surface area contributed by atoms with Crippen molar-refractivity contribution in [1.82, 2.24) is 10.2 Å². The van der Waals surface area contributed by atoms with Gasteiger partial charge in [0, 0.05) is 6.04 Å². The van der Waals surface area contributed by atoms with Crippen molar-refractivity contribution in [2.45, 2.75) is 89.9 Å². The zero-order chi connectivity index (χ0) is 14.3. The Hall–Kier alpha value is -0.570. The topological polar surface area (TPSA) is 32.3 Å². The molecule has 0 radical (unpaired) electrons. The predicted octanol–water partition coefficient (Wildman–Crippen LogP) is 3.29. The van der Waals surface area contributed by atoms with E-state index >= 15 is 0 Å². The van der Waals surface area contributed by atoms with E-state index in [1.54, 1.807) is 0 Å². The van der Waals surface area contributed by atoms with Gasteiger partial charge in [0.1, 0.15) is 0 Å². The van der Waals surface area contributed by atoms with Gasteiger partial charge in [0.15, 0.2) is 0 Å². The third-order valence-corrected chi connectivity index (χ3v) is 5.84. The van der Waals surface area contributed by atoms with Crippen molar-refractivity contribution in [3.05, 3.63) is 0 Å². The maximum atomic E-state index is 13.1. The van der Waals surface area contributed by atoms with Gasteiger partial charge in [-0.05, 0) is 50.4 Å². The van der Waals surface area contributed by atoms with E-state index in [0.29, 0.717) is 17.9 Å². The summed E-state index contributed by atoms with van der Waals surface area (Å²) in [6, 6.07) is 0.485. The average molecular weight is 278 g/mol. The SMILES string of the molecule is CC1CCC(N2C(=O)C3(CCCC3)NC2C(C)C)CC1. The van der Waals surface area contributed by atoms with Crippen LogP contribution in [0.15, 0.2) is 0 Å². The molecule has 0 aromatic rings. The molecule has 1 N–H and O–H groups in total. The average Bonchev–Trinajstić information content (AvgIpc) is 2.99. The number of carbonyl (C=O) groups is 1. The predicted molar refractivity (Wildman–Crippen MR) is 81.2 cm³/mol. The summed E-state index contributed by atoms with van der Waals surface area (Å²) in [7, 11) is 0. The molecule has 3 rings (SSSR count). The molecule has 3 fully saturated rings. The molecule has 20 heavy (non-hydrogen) atoms. The Kier molecular flexibility index (Phi) is 3.83. The number of nitrogens with zero attached hydrogens (tertiary/aromatic N) is 1. The van der Waals surface area contributed by atoms with Crippen LogP contribution in [0, 0.1) is 11.8 Å². The first-order valence-corrected chi connectivity index (χ1v) is 8.64. The van der Waals surface area contributed by atoms with E-state index in [1.165, 1.54) is 38.5 Å². The second-order valence-electron chi connectivity index (χ2n) is 7.75. The second kappa shape index (κ2) is 5.32. The van der Waals surface area contributed by atoms with Crippen LogP contribution in [0.1, 0.15) is 72.1 Å². The number of nitrogens with one attached hydrogen (secondary N) is 1. The Morgan fingerprint density at radius 2 is 1.75 bits per heavy atom. The van der Waals surface area contributed by atoms with Crippen molar-refractivity contribution >= 4 is 5.91 Å². The maximum absolute atomic E-state index is 13.1. The molecule has 2 aliphatic carbocycles. The van der Waals surface area contributed by atoms with Crippen LogP contribution >= 0.6 is 0 Å². The minimum atomic E-state index is -0.196. The summed E-state index contributed by atoms with van der Waals surface area (Å²) in [5, 5.41) is 3.75. The van der Waals surface area contributed by atoms with E-state index in [2.05, 4.69) is 31.0 Å². The molecule has 1 unspecified atom stereocenters. The standard InChI is InChI=1S/C17H30N2O/c1-12(2)15-18-17(10-4-5-11-17)16(20)19(15)14-8-6-13(3)7-9-14/h12-15,18H,4-11H2,1-3H3. The molecular weight excluding hydrogens is 248 g/mol. The van der Waals surface area contributed by atoms with Crippen molar-refractivity contribution < 1.29 is 4.79 Å². The second-order valence-corrected chi connectivity index (χ2v) is 7.75. The highest BCUT2D eigenvalue weighted by atomic mass is 16.2. The first-order chi connectivity index (χ1) is 9.53. The molecule has 2 saturated carbocycles. The summed E-state index contributed by atoms with van der Waals surface area (Å²) in [5.41, 5.74) is -0.196. The zero-order valence-corrected chi connectivity index (χ0v) is 13.3. The summed E-state index contributed by atoms with van der Waals surface area (Å²) in [5.74, 6) is 1.77. The monoisotopic (exact) mass is 278 g/mol. The summed E-state index contributed by atoms with van der Waals surface area (Å²) < 4.78 is 0. The van der Waals surface area contributed by atoms with Gasteiger partial charge in [0.25, 0.3) is 0 Å². The Morgan fingerprint density at radius 1 is 1.15 bits per heavy atom. The first kappa shape index (κ1) is 14.4. The van der Waals surface area contributed by atoms with Crippen LogP contribution in [0.25, 0.3) is 0 Å². The number of carbonyl (C=O) groups excluding carboxylic acids is 1. The summed E-state index contributed by atoms with van der Waals surface area (Å²) >= 11 is 0. The molecule has 3 nitrogen and oxygen atoms in total. The minimum absolute atomic E-state index is 0.196. The molecule has 1 aliphatic heterocycles. The highest BCUT2D eigenvalue weighted by molar-refractivity contribution is 5.89. The van der Waals surface area contributed by atoms with Gasteiger partial charge < -0.3 is 4.90 Å². The zero-order valence-electron chi connectivity index (χ0n) is 13.3. The third kappa shape index (κ3) is 2.28. The van der Waals surface area contributed by atoms with E-state index in [-0.39, 0.29) is 11.7 Å². The van der Waals surface area contributed by atoms with Crippen LogP contribution in [0.4, 0.5) is 0 Å². The molecule has 1 saturated heterocycles. The van der Waals surface area contributed by atoms with Gasteiger partial charge in [-0.25, -0.2) is 0 Å². The molecule has 1 heterocycles. The lowest BCUT2D eigenvalue weighted by atomic mass is 9.85. The van der Waals surface area contributed by atoms with Gasteiger partial charge in [-0.3, -0.25) is 10.1 Å². The van der Waals surface area contributed by atoms with Crippen molar-refractivity contribution in [2.24, 2.45) is 11.8 Å². The molecule has 114 valence electrons. The molecule has 1 amide bonds. The fourth-order valence-electron chi connectivity index (χ4n) is 4.53. The number of amides is 1. The first-order valence-electron chi connectivity index (χ1n) is 8.64. The van der Waals surface area contributed by atoms with Crippen LogP contribution in [-0.2, 0) is 4.79 Å². The van der Waals surface area contributed by atoms with E-state index in [4.69, 9.17) is 0 Å². The van der Waals surface area contributed by atoms with Gasteiger partial charge in [-0.1, -0.05) is 33.6 Å². The van der Waals surface area contributed by atoms with Crippen molar-refractivity contribution in [1.29, 1.82) is 0 Å². The van der Waals surface area contributed by atoms with Crippen molar-refractivity contribution in [3.8, 4) is 0 Å². The molecule has 3 heteroatoms. The van der Waals surface area contributed by atoms with Crippen LogP contribution < -0.4 is 5.32 Å². The highest BCUT2D eigenvalue weighted by Crippen LogP contribution is 2.41. The van der Waals surface area contributed by atoms with Crippen molar-refractivity contribution in [3.63, 3.8) is 0 Å². The molecule has 3 aliphatic rings. The van der Waals surface area contributed by atoms with Gasteiger partial charge >= 0.3 is 0 Å². The van der Waals surface area contributed by atoms with Crippen LogP contribution in [0.3, 0.4) is 0 Å². The fraction of sp³-hybridized carbons (Fsp3) is 0.941. The lowest BCUT2D eigenvalue weighted by Gasteiger charge is -2.38. The van der Waals surface area contributed by atoms with Gasteiger partial charge in [-0.15, -0.1) is 0 Å². The van der Waals surface area contributed by atoms with E-state index in [9.17, 15) is 4.79 Å². The number of hydrogen-bond donors (Lipinski definition) is 1. The Bertz CT molecular complexity index is 365. The maximum Gasteiger partial charge on any atom is 0.244 e. The molecule has 0 bridgehead atoms. The summed E-state index contributed by atoms with van der Waals surface area (Å²) in [6.45, 7) is 6.84. The minimum Gasteiger partial charge on any atom is -0.322 e. The molecule has 1 spiro atoms. The molecular formula is C17H30N2O. The summed E-state index contributed by atoms with van der Waals surface area (Å²) in [6.07, 6.45) is 9.75. The van der Waals surface area contributed by atoms with E-state index in [0.717, 1.165) is 18.8 Å². The normalized spacial score (nSPS) is 37.3. The highest BCUT2D eigenvalue weighted by Gasteiger charge is 2.54. The van der Waals surface area contributed by atoms with Crippen LogP contribution in [0.5, 0.6) is 0 Å². The van der Waals surface area contributed by atoms with Crippen LogP contribution in [-0.4, -0.2) is 28.6 Å². The lowest BCUT2D eigenvalue weighted by molar-refractivity contribution is -0.136. The third-order valence-electron chi connectivity index (χ3n) is 5.84. The molecule has 0 aromatic carbocycles. The summed E-state index contributed by atoms with van der Waals surface area (Å²) in [4.78, 5) is 15.4. The number of rotatable bonds is 2. The fourth-order valence-corrected chi connectivity index (χ4v) is 4.53. The Morgan fingerprint density at radius 3 is 2.30 bits per heavy atom. The lowest BCUT2D eigenvalue weighted by Crippen LogP contribution is -2.48. The van der Waals surface area contributed by atoms with Gasteiger partial charge in [0.2, 0.25) is 5.91 Å². The van der Waals surface area contributed by atoms with E-state index in [1.807, 2.05) is 0 Å². The van der Waals surface area contributed by atoms with E-state index < -0.39 is 0 Å². The van der Waals surface area contributed by atoms with Gasteiger partial charge in [-0.2, -0.15) is 0 Å². The Balaban J connectivity index is 1.81.